The molecule has 0 radical (unpaired) electrons. The fraction of sp³-hybridized carbons (Fsp3) is 0.600. The van der Waals surface area contributed by atoms with Crippen LogP contribution in [0.1, 0.15) is 31.2 Å². The number of carbonyl (C=O) groups excluding carboxylic acids is 2. The van der Waals surface area contributed by atoms with Crippen molar-refractivity contribution in [2.75, 3.05) is 38.2 Å². The molecule has 2 aliphatic rings. The molecule has 0 aromatic heterocycles. The van der Waals surface area contributed by atoms with Gasteiger partial charge in [0.15, 0.2) is 9.84 Å². The first kappa shape index (κ1) is 19.9. The largest absolute Gasteiger partial charge is 0.342 e. The van der Waals surface area contributed by atoms with E-state index in [1.165, 1.54) is 5.56 Å². The number of hydrogen-bond acceptors (Lipinski definition) is 4. The Morgan fingerprint density at radius 2 is 1.89 bits per heavy atom. The molecule has 1 aromatic rings. The van der Waals surface area contributed by atoms with Crippen LogP contribution in [0.2, 0.25) is 0 Å². The van der Waals surface area contributed by atoms with Gasteiger partial charge in [-0.05, 0) is 31.2 Å². The second kappa shape index (κ2) is 8.00. The summed E-state index contributed by atoms with van der Waals surface area (Å²) in [5, 5.41) is 0. The highest BCUT2D eigenvalue weighted by molar-refractivity contribution is 7.91. The van der Waals surface area contributed by atoms with Crippen LogP contribution in [0.3, 0.4) is 0 Å². The lowest BCUT2D eigenvalue weighted by molar-refractivity contribution is -0.142. The molecule has 3 rings (SSSR count). The van der Waals surface area contributed by atoms with Gasteiger partial charge in [-0.3, -0.25) is 9.59 Å². The first-order chi connectivity index (χ1) is 12.8. The monoisotopic (exact) mass is 392 g/mol. The number of piperidine rings is 2. The quantitative estimate of drug-likeness (QED) is 0.761. The second-order valence-corrected chi connectivity index (χ2v) is 10.2. The minimum Gasteiger partial charge on any atom is -0.342 e. The van der Waals surface area contributed by atoms with E-state index in [0.717, 1.165) is 31.9 Å². The lowest BCUT2D eigenvalue weighted by Crippen LogP contribution is -2.55. The van der Waals surface area contributed by atoms with E-state index >= 15 is 0 Å². The Bertz CT molecular complexity index is 793. The first-order valence-electron chi connectivity index (χ1n) is 9.54. The molecule has 1 spiro atoms. The molecule has 0 bridgehead atoms. The molecule has 7 heteroatoms. The molecular formula is C20H28N2O4S. The van der Waals surface area contributed by atoms with Gasteiger partial charge in [0.1, 0.15) is 5.75 Å². The van der Waals surface area contributed by atoms with E-state index in [0.29, 0.717) is 32.6 Å². The maximum absolute atomic E-state index is 12.4. The summed E-state index contributed by atoms with van der Waals surface area (Å²) in [6, 6.07) is 10.1. The number of likely N-dealkylation sites (tertiary alicyclic amines) is 2. The number of amides is 2. The second-order valence-electron chi connectivity index (χ2n) is 8.04. The topological polar surface area (TPSA) is 74.8 Å². The molecule has 0 saturated carbocycles. The molecule has 2 aliphatic heterocycles. The third-order valence-corrected chi connectivity index (χ3v) is 6.43. The van der Waals surface area contributed by atoms with Crippen LogP contribution in [0.4, 0.5) is 0 Å². The molecule has 0 unspecified atom stereocenters. The van der Waals surface area contributed by atoms with Gasteiger partial charge < -0.3 is 9.80 Å². The van der Waals surface area contributed by atoms with Crippen LogP contribution < -0.4 is 0 Å². The standard InChI is InChI=1S/C20H28N2O4S/c1-27(25,26)14-19(24)21-12-5-10-20(15-21)11-8-18(23)22(16-20)13-9-17-6-3-2-4-7-17/h2-4,6-7H,5,8-16H2,1H3/t20-/m1/s1. The summed E-state index contributed by atoms with van der Waals surface area (Å²) in [4.78, 5) is 28.4. The number of hydrogen-bond donors (Lipinski definition) is 0. The van der Waals surface area contributed by atoms with Crippen molar-refractivity contribution in [3.63, 3.8) is 0 Å². The Morgan fingerprint density at radius 1 is 1.15 bits per heavy atom. The highest BCUT2D eigenvalue weighted by Crippen LogP contribution is 2.39. The maximum Gasteiger partial charge on any atom is 0.237 e. The van der Waals surface area contributed by atoms with Crippen LogP contribution >= 0.6 is 0 Å². The highest BCUT2D eigenvalue weighted by Gasteiger charge is 2.42. The smallest absolute Gasteiger partial charge is 0.237 e. The molecule has 6 nitrogen and oxygen atoms in total. The van der Waals surface area contributed by atoms with Crippen molar-refractivity contribution in [1.82, 2.24) is 9.80 Å². The van der Waals surface area contributed by atoms with Gasteiger partial charge in [0.25, 0.3) is 0 Å². The molecule has 0 N–H and O–H groups in total. The van der Waals surface area contributed by atoms with E-state index in [1.54, 1.807) is 4.90 Å². The maximum atomic E-state index is 12.4. The summed E-state index contributed by atoms with van der Waals surface area (Å²) < 4.78 is 22.9. The Balaban J connectivity index is 1.64. The van der Waals surface area contributed by atoms with Crippen LogP contribution in [0.5, 0.6) is 0 Å². The third-order valence-electron chi connectivity index (χ3n) is 5.66. The summed E-state index contributed by atoms with van der Waals surface area (Å²) in [6.45, 7) is 2.49. The van der Waals surface area contributed by atoms with Crippen LogP contribution in [-0.4, -0.2) is 68.2 Å². The van der Waals surface area contributed by atoms with Gasteiger partial charge in [0.2, 0.25) is 11.8 Å². The van der Waals surface area contributed by atoms with Crippen LogP contribution in [0, 0.1) is 5.41 Å². The third kappa shape index (κ3) is 5.31. The van der Waals surface area contributed by atoms with Gasteiger partial charge in [-0.25, -0.2) is 8.42 Å². The number of nitrogens with zero attached hydrogens (tertiary/aromatic N) is 2. The Hall–Kier alpha value is -1.89. The molecular weight excluding hydrogens is 364 g/mol. The summed E-state index contributed by atoms with van der Waals surface area (Å²) >= 11 is 0. The fourth-order valence-electron chi connectivity index (χ4n) is 4.28. The zero-order valence-corrected chi connectivity index (χ0v) is 16.7. The normalized spacial score (nSPS) is 23.7. The van der Waals surface area contributed by atoms with Gasteiger partial charge >= 0.3 is 0 Å². The number of rotatable bonds is 5. The van der Waals surface area contributed by atoms with E-state index in [-0.39, 0.29) is 17.2 Å². The Kier molecular flexibility index (Phi) is 5.89. The van der Waals surface area contributed by atoms with E-state index in [1.807, 2.05) is 23.1 Å². The van der Waals surface area contributed by atoms with Crippen LogP contribution in [0.15, 0.2) is 30.3 Å². The highest BCUT2D eigenvalue weighted by atomic mass is 32.2. The van der Waals surface area contributed by atoms with Crippen molar-refractivity contribution < 1.29 is 18.0 Å². The van der Waals surface area contributed by atoms with Crippen LogP contribution in [-0.2, 0) is 25.8 Å². The zero-order chi connectivity index (χ0) is 19.5. The molecule has 148 valence electrons. The molecule has 2 fully saturated rings. The van der Waals surface area contributed by atoms with Crippen molar-refractivity contribution in [3.05, 3.63) is 35.9 Å². The summed E-state index contributed by atoms with van der Waals surface area (Å²) in [6.07, 6.45) is 5.02. The molecule has 2 heterocycles. The Labute approximate surface area is 161 Å². The molecule has 0 aliphatic carbocycles. The molecule has 2 amide bonds. The van der Waals surface area contributed by atoms with Gasteiger partial charge in [-0.2, -0.15) is 0 Å². The first-order valence-corrected chi connectivity index (χ1v) is 11.6. The van der Waals surface area contributed by atoms with Crippen molar-refractivity contribution in [2.24, 2.45) is 5.41 Å². The number of carbonyl (C=O) groups is 2. The number of sulfone groups is 1. The van der Waals surface area contributed by atoms with Gasteiger partial charge in [-0.1, -0.05) is 30.3 Å². The van der Waals surface area contributed by atoms with Crippen LogP contribution in [0.25, 0.3) is 0 Å². The van der Waals surface area contributed by atoms with Crippen molar-refractivity contribution in [1.29, 1.82) is 0 Å². The minimum absolute atomic E-state index is 0.101. The van der Waals surface area contributed by atoms with Crippen molar-refractivity contribution in [2.45, 2.75) is 32.1 Å². The average Bonchev–Trinajstić information content (AvgIpc) is 2.62. The average molecular weight is 393 g/mol. The molecule has 2 saturated heterocycles. The van der Waals surface area contributed by atoms with Gasteiger partial charge in [0.05, 0.1) is 0 Å². The van der Waals surface area contributed by atoms with Gasteiger partial charge in [0, 0.05) is 44.3 Å². The SMILES string of the molecule is CS(=O)(=O)CC(=O)N1CCC[C@@]2(CCC(=O)N(CCc3ccccc3)C2)C1. The summed E-state index contributed by atoms with van der Waals surface area (Å²) in [7, 11) is -3.33. The van der Waals surface area contributed by atoms with E-state index in [9.17, 15) is 18.0 Å². The van der Waals surface area contributed by atoms with E-state index in [2.05, 4.69) is 12.1 Å². The van der Waals surface area contributed by atoms with Crippen molar-refractivity contribution >= 4 is 21.7 Å². The zero-order valence-electron chi connectivity index (χ0n) is 15.9. The minimum atomic E-state index is -3.33. The van der Waals surface area contributed by atoms with E-state index < -0.39 is 15.6 Å². The molecule has 1 atom stereocenters. The predicted molar refractivity (Wildman–Crippen MR) is 104 cm³/mol. The molecule has 27 heavy (non-hydrogen) atoms. The summed E-state index contributed by atoms with van der Waals surface area (Å²) in [5.74, 6) is -0.569. The predicted octanol–water partition coefficient (Wildman–Crippen LogP) is 1.50. The number of benzene rings is 1. The lowest BCUT2D eigenvalue weighted by Gasteiger charge is -2.48. The van der Waals surface area contributed by atoms with E-state index in [4.69, 9.17) is 0 Å². The summed E-state index contributed by atoms with van der Waals surface area (Å²) in [5.41, 5.74) is 1.11. The fourth-order valence-corrected chi connectivity index (χ4v) is 4.92. The van der Waals surface area contributed by atoms with Gasteiger partial charge in [-0.15, -0.1) is 0 Å². The van der Waals surface area contributed by atoms with Crippen molar-refractivity contribution in [3.8, 4) is 0 Å². The lowest BCUT2D eigenvalue weighted by atomic mass is 9.73. The molecule has 1 aromatic carbocycles. The Morgan fingerprint density at radius 3 is 2.59 bits per heavy atom.